The zero-order valence-corrected chi connectivity index (χ0v) is 12.6. The second-order valence-corrected chi connectivity index (χ2v) is 5.59. The standard InChI is InChI=1S/C17H19N3O2/c1-12-3-2-4-15(7-12)22-10-17(21)18-9-14-8-16(13-5-6-13)20-11-19-14/h2-4,7-8,11,13H,5-6,9-10H2,1H3,(H,18,21). The maximum Gasteiger partial charge on any atom is 0.258 e. The number of hydrogen-bond acceptors (Lipinski definition) is 4. The minimum Gasteiger partial charge on any atom is -0.484 e. The van der Waals surface area contributed by atoms with Crippen molar-refractivity contribution in [2.75, 3.05) is 6.61 Å². The largest absolute Gasteiger partial charge is 0.484 e. The molecule has 1 saturated carbocycles. The van der Waals surface area contributed by atoms with Crippen LogP contribution in [0.4, 0.5) is 0 Å². The Morgan fingerprint density at radius 1 is 1.32 bits per heavy atom. The van der Waals surface area contributed by atoms with Crippen LogP contribution in [0.1, 0.15) is 35.7 Å². The number of amides is 1. The van der Waals surface area contributed by atoms with Crippen molar-refractivity contribution in [2.45, 2.75) is 32.2 Å². The number of rotatable bonds is 6. The molecule has 5 nitrogen and oxygen atoms in total. The highest BCUT2D eigenvalue weighted by molar-refractivity contribution is 5.77. The van der Waals surface area contributed by atoms with Crippen LogP contribution >= 0.6 is 0 Å². The fourth-order valence-corrected chi connectivity index (χ4v) is 2.21. The molecule has 3 rings (SSSR count). The number of carbonyl (C=O) groups excluding carboxylic acids is 1. The van der Waals surface area contributed by atoms with Gasteiger partial charge in [0.1, 0.15) is 12.1 Å². The van der Waals surface area contributed by atoms with Crippen LogP contribution in [0.3, 0.4) is 0 Å². The summed E-state index contributed by atoms with van der Waals surface area (Å²) in [5.41, 5.74) is 3.02. The van der Waals surface area contributed by atoms with Crippen molar-refractivity contribution in [3.05, 3.63) is 53.6 Å². The average molecular weight is 297 g/mol. The molecule has 0 saturated heterocycles. The number of benzene rings is 1. The van der Waals surface area contributed by atoms with Crippen LogP contribution in [0.25, 0.3) is 0 Å². The molecule has 114 valence electrons. The zero-order valence-electron chi connectivity index (χ0n) is 12.6. The van der Waals surface area contributed by atoms with E-state index >= 15 is 0 Å². The van der Waals surface area contributed by atoms with Gasteiger partial charge in [0.25, 0.3) is 5.91 Å². The van der Waals surface area contributed by atoms with E-state index in [1.54, 1.807) is 6.33 Å². The lowest BCUT2D eigenvalue weighted by atomic mass is 10.2. The topological polar surface area (TPSA) is 64.1 Å². The third-order valence-electron chi connectivity index (χ3n) is 3.57. The number of nitrogens with one attached hydrogen (secondary N) is 1. The number of aryl methyl sites for hydroxylation is 1. The van der Waals surface area contributed by atoms with Crippen LogP contribution in [0, 0.1) is 6.92 Å². The maximum absolute atomic E-state index is 11.8. The lowest BCUT2D eigenvalue weighted by Crippen LogP contribution is -2.28. The molecule has 0 bridgehead atoms. The summed E-state index contributed by atoms with van der Waals surface area (Å²) in [6.07, 6.45) is 3.97. The molecule has 1 aliphatic carbocycles. The molecular formula is C17H19N3O2. The first kappa shape index (κ1) is 14.5. The quantitative estimate of drug-likeness (QED) is 0.889. The molecule has 1 aliphatic rings. The van der Waals surface area contributed by atoms with Crippen LogP contribution in [0.5, 0.6) is 5.75 Å². The molecule has 1 aromatic heterocycles. The van der Waals surface area contributed by atoms with E-state index in [0.717, 1.165) is 17.0 Å². The number of aromatic nitrogens is 2. The van der Waals surface area contributed by atoms with Crippen LogP contribution in [-0.2, 0) is 11.3 Å². The van der Waals surface area contributed by atoms with Crippen molar-refractivity contribution < 1.29 is 9.53 Å². The van der Waals surface area contributed by atoms with Crippen LogP contribution in [-0.4, -0.2) is 22.5 Å². The summed E-state index contributed by atoms with van der Waals surface area (Å²) in [5.74, 6) is 1.13. The summed E-state index contributed by atoms with van der Waals surface area (Å²) >= 11 is 0. The molecule has 2 aromatic rings. The van der Waals surface area contributed by atoms with Gasteiger partial charge in [0, 0.05) is 11.6 Å². The van der Waals surface area contributed by atoms with Gasteiger partial charge < -0.3 is 10.1 Å². The van der Waals surface area contributed by atoms with Gasteiger partial charge in [-0.2, -0.15) is 0 Å². The second-order valence-electron chi connectivity index (χ2n) is 5.59. The van der Waals surface area contributed by atoms with Gasteiger partial charge in [0.15, 0.2) is 6.61 Å². The van der Waals surface area contributed by atoms with Crippen molar-refractivity contribution in [1.82, 2.24) is 15.3 Å². The number of hydrogen-bond donors (Lipinski definition) is 1. The molecule has 1 aromatic carbocycles. The molecule has 1 fully saturated rings. The molecule has 0 aliphatic heterocycles. The van der Waals surface area contributed by atoms with Crippen molar-refractivity contribution in [3.63, 3.8) is 0 Å². The summed E-state index contributed by atoms with van der Waals surface area (Å²) in [5, 5.41) is 2.82. The fourth-order valence-electron chi connectivity index (χ4n) is 2.21. The lowest BCUT2D eigenvalue weighted by molar-refractivity contribution is -0.123. The fraction of sp³-hybridized carbons (Fsp3) is 0.353. The highest BCUT2D eigenvalue weighted by atomic mass is 16.5. The molecule has 0 unspecified atom stereocenters. The smallest absolute Gasteiger partial charge is 0.258 e. The Balaban J connectivity index is 1.47. The predicted molar refractivity (Wildman–Crippen MR) is 82.5 cm³/mol. The lowest BCUT2D eigenvalue weighted by Gasteiger charge is -2.08. The van der Waals surface area contributed by atoms with Crippen molar-refractivity contribution in [3.8, 4) is 5.75 Å². The molecule has 1 heterocycles. The van der Waals surface area contributed by atoms with Gasteiger partial charge >= 0.3 is 0 Å². The summed E-state index contributed by atoms with van der Waals surface area (Å²) in [7, 11) is 0. The number of nitrogens with zero attached hydrogens (tertiary/aromatic N) is 2. The van der Waals surface area contributed by atoms with E-state index in [0.29, 0.717) is 18.2 Å². The molecular weight excluding hydrogens is 278 g/mol. The van der Waals surface area contributed by atoms with Gasteiger partial charge in [-0.05, 0) is 43.5 Å². The minimum atomic E-state index is -0.159. The molecule has 0 spiro atoms. The van der Waals surface area contributed by atoms with Crippen LogP contribution in [0.15, 0.2) is 36.7 Å². The molecule has 1 amide bonds. The third kappa shape index (κ3) is 4.04. The van der Waals surface area contributed by atoms with E-state index in [1.165, 1.54) is 12.8 Å². The van der Waals surface area contributed by atoms with Crippen LogP contribution < -0.4 is 10.1 Å². The van der Waals surface area contributed by atoms with E-state index < -0.39 is 0 Å². The van der Waals surface area contributed by atoms with Gasteiger partial charge in [-0.1, -0.05) is 12.1 Å². The van der Waals surface area contributed by atoms with Gasteiger partial charge in [-0.25, -0.2) is 9.97 Å². The van der Waals surface area contributed by atoms with E-state index in [2.05, 4.69) is 15.3 Å². The Morgan fingerprint density at radius 3 is 2.95 bits per heavy atom. The van der Waals surface area contributed by atoms with E-state index in [9.17, 15) is 4.79 Å². The highest BCUT2D eigenvalue weighted by Gasteiger charge is 2.25. The van der Waals surface area contributed by atoms with Crippen molar-refractivity contribution in [1.29, 1.82) is 0 Å². The van der Waals surface area contributed by atoms with E-state index in [1.807, 2.05) is 37.3 Å². The summed E-state index contributed by atoms with van der Waals surface area (Å²) < 4.78 is 5.46. The first-order chi connectivity index (χ1) is 10.7. The van der Waals surface area contributed by atoms with Gasteiger partial charge in [0.2, 0.25) is 0 Å². The molecule has 22 heavy (non-hydrogen) atoms. The Morgan fingerprint density at radius 2 is 2.18 bits per heavy atom. The van der Waals surface area contributed by atoms with Gasteiger partial charge in [0.05, 0.1) is 12.2 Å². The molecule has 0 atom stereocenters. The van der Waals surface area contributed by atoms with Crippen molar-refractivity contribution in [2.24, 2.45) is 0 Å². The average Bonchev–Trinajstić information content (AvgIpc) is 3.36. The molecule has 0 radical (unpaired) electrons. The van der Waals surface area contributed by atoms with E-state index in [-0.39, 0.29) is 12.5 Å². The molecule has 1 N–H and O–H groups in total. The van der Waals surface area contributed by atoms with Gasteiger partial charge in [-0.15, -0.1) is 0 Å². The third-order valence-corrected chi connectivity index (χ3v) is 3.57. The highest BCUT2D eigenvalue weighted by Crippen LogP contribution is 2.38. The predicted octanol–water partition coefficient (Wildman–Crippen LogP) is 2.36. The molecule has 5 heteroatoms. The SMILES string of the molecule is Cc1cccc(OCC(=O)NCc2cc(C3CC3)ncn2)c1. The summed E-state index contributed by atoms with van der Waals surface area (Å²) in [4.78, 5) is 20.3. The summed E-state index contributed by atoms with van der Waals surface area (Å²) in [6, 6.07) is 9.61. The minimum absolute atomic E-state index is 0.00399. The second kappa shape index (κ2) is 6.56. The number of ether oxygens (including phenoxy) is 1. The Hall–Kier alpha value is -2.43. The zero-order chi connectivity index (χ0) is 15.4. The van der Waals surface area contributed by atoms with Crippen molar-refractivity contribution >= 4 is 5.91 Å². The Labute approximate surface area is 129 Å². The monoisotopic (exact) mass is 297 g/mol. The first-order valence-electron chi connectivity index (χ1n) is 7.48. The summed E-state index contributed by atoms with van der Waals surface area (Å²) in [6.45, 7) is 2.39. The van der Waals surface area contributed by atoms with E-state index in [4.69, 9.17) is 4.74 Å². The number of carbonyl (C=O) groups is 1. The normalized spacial score (nSPS) is 13.7. The maximum atomic E-state index is 11.8. The van der Waals surface area contributed by atoms with Gasteiger partial charge in [-0.3, -0.25) is 4.79 Å². The Bertz CT molecular complexity index is 668. The first-order valence-corrected chi connectivity index (χ1v) is 7.48. The Kier molecular flexibility index (Phi) is 4.32. The van der Waals surface area contributed by atoms with Crippen LogP contribution in [0.2, 0.25) is 0 Å².